The van der Waals surface area contributed by atoms with Crippen molar-refractivity contribution in [3.8, 4) is 5.75 Å². The fraction of sp³-hybridized carbons (Fsp3) is 0.200. The average Bonchev–Trinajstić information content (AvgIpc) is 2.16. The van der Waals surface area contributed by atoms with Crippen molar-refractivity contribution in [3.05, 3.63) is 29.6 Å². The van der Waals surface area contributed by atoms with Crippen molar-refractivity contribution >= 4 is 11.8 Å². The highest BCUT2D eigenvalue weighted by molar-refractivity contribution is 5.93. The first kappa shape index (κ1) is 12.0. The largest absolute Gasteiger partial charge is 0.481 e. The number of hydrogen-bond acceptors (Lipinski definition) is 3. The van der Waals surface area contributed by atoms with E-state index in [9.17, 15) is 14.0 Å². The van der Waals surface area contributed by atoms with Crippen molar-refractivity contribution in [1.82, 2.24) is 0 Å². The van der Waals surface area contributed by atoms with Gasteiger partial charge in [-0.3, -0.25) is 9.59 Å². The molecule has 0 aromatic heterocycles. The highest BCUT2D eigenvalue weighted by Crippen LogP contribution is 2.17. The number of rotatable bonds is 4. The summed E-state index contributed by atoms with van der Waals surface area (Å²) in [5, 5.41) is 0. The molecule has 1 aromatic rings. The van der Waals surface area contributed by atoms with Crippen molar-refractivity contribution in [2.75, 3.05) is 0 Å². The van der Waals surface area contributed by atoms with Crippen LogP contribution in [0.3, 0.4) is 0 Å². The molecule has 1 rings (SSSR count). The van der Waals surface area contributed by atoms with E-state index in [2.05, 4.69) is 0 Å². The van der Waals surface area contributed by atoms with Gasteiger partial charge in [0.05, 0.1) is 5.56 Å². The first-order chi connectivity index (χ1) is 7.41. The lowest BCUT2D eigenvalue weighted by Gasteiger charge is -2.11. The quantitative estimate of drug-likeness (QED) is 0.766. The zero-order valence-electron chi connectivity index (χ0n) is 8.57. The smallest absolute Gasteiger partial charge is 0.258 e. The number of nitrogens with two attached hydrogens (primary N) is 2. The van der Waals surface area contributed by atoms with Crippen molar-refractivity contribution in [3.63, 3.8) is 0 Å². The Morgan fingerprint density at radius 1 is 1.38 bits per heavy atom. The number of primary amides is 2. The van der Waals surface area contributed by atoms with Crippen LogP contribution in [-0.2, 0) is 4.79 Å². The number of halogens is 1. The van der Waals surface area contributed by atoms with Crippen LogP contribution in [0, 0.1) is 5.82 Å². The predicted molar refractivity (Wildman–Crippen MR) is 54.2 cm³/mol. The van der Waals surface area contributed by atoms with Gasteiger partial charge in [-0.05, 0) is 19.1 Å². The highest BCUT2D eigenvalue weighted by atomic mass is 19.1. The second kappa shape index (κ2) is 4.61. The monoisotopic (exact) mass is 226 g/mol. The van der Waals surface area contributed by atoms with Gasteiger partial charge in [-0.2, -0.15) is 0 Å². The third-order valence-corrected chi connectivity index (χ3v) is 1.92. The molecule has 0 bridgehead atoms. The van der Waals surface area contributed by atoms with Crippen LogP contribution in [0.15, 0.2) is 18.2 Å². The second-order valence-electron chi connectivity index (χ2n) is 3.17. The van der Waals surface area contributed by atoms with Gasteiger partial charge in [-0.1, -0.05) is 0 Å². The molecule has 1 unspecified atom stereocenters. The zero-order chi connectivity index (χ0) is 12.3. The van der Waals surface area contributed by atoms with Crippen LogP contribution in [0.2, 0.25) is 0 Å². The summed E-state index contributed by atoms with van der Waals surface area (Å²) in [6.45, 7) is 1.43. The fourth-order valence-corrected chi connectivity index (χ4v) is 1.03. The number of hydrogen-bond donors (Lipinski definition) is 2. The summed E-state index contributed by atoms with van der Waals surface area (Å²) in [5.74, 6) is -2.23. The van der Waals surface area contributed by atoms with Crippen LogP contribution >= 0.6 is 0 Å². The molecular weight excluding hydrogens is 215 g/mol. The summed E-state index contributed by atoms with van der Waals surface area (Å²) in [5.41, 5.74) is 9.65. The Morgan fingerprint density at radius 3 is 2.44 bits per heavy atom. The Labute approximate surface area is 91.2 Å². The third kappa shape index (κ3) is 2.69. The molecule has 86 valence electrons. The lowest BCUT2D eigenvalue weighted by atomic mass is 10.2. The molecule has 0 aliphatic carbocycles. The molecule has 0 radical (unpaired) electrons. The molecule has 0 aliphatic heterocycles. The lowest BCUT2D eigenvalue weighted by Crippen LogP contribution is -2.30. The number of carbonyl (C=O) groups excluding carboxylic acids is 2. The molecule has 0 spiro atoms. The molecule has 0 aliphatic rings. The van der Waals surface area contributed by atoms with Gasteiger partial charge in [-0.25, -0.2) is 4.39 Å². The van der Waals surface area contributed by atoms with Crippen LogP contribution in [0.5, 0.6) is 5.75 Å². The van der Waals surface area contributed by atoms with Crippen LogP contribution in [0.25, 0.3) is 0 Å². The van der Waals surface area contributed by atoms with E-state index in [1.807, 2.05) is 0 Å². The number of benzene rings is 1. The predicted octanol–water partition coefficient (Wildman–Crippen LogP) is 0.177. The number of carbonyl (C=O) groups is 2. The maximum Gasteiger partial charge on any atom is 0.258 e. The van der Waals surface area contributed by atoms with Gasteiger partial charge in [0.15, 0.2) is 6.10 Å². The van der Waals surface area contributed by atoms with E-state index in [4.69, 9.17) is 16.2 Å². The summed E-state index contributed by atoms with van der Waals surface area (Å²) >= 11 is 0. The average molecular weight is 226 g/mol. The van der Waals surface area contributed by atoms with E-state index in [-0.39, 0.29) is 11.3 Å². The molecule has 4 N–H and O–H groups in total. The van der Waals surface area contributed by atoms with Gasteiger partial charge in [0.1, 0.15) is 11.6 Å². The Balaban J connectivity index is 2.89. The van der Waals surface area contributed by atoms with E-state index in [1.165, 1.54) is 19.1 Å². The molecule has 1 atom stereocenters. The van der Waals surface area contributed by atoms with Gasteiger partial charge in [0.2, 0.25) is 0 Å². The standard InChI is InChI=1S/C10H11FN2O3/c1-5(9(12)14)16-6-2-3-7(10(13)15)8(11)4-6/h2-5H,1H3,(H2,12,14)(H2,13,15). The molecule has 0 saturated heterocycles. The van der Waals surface area contributed by atoms with E-state index < -0.39 is 23.7 Å². The van der Waals surface area contributed by atoms with Crippen LogP contribution < -0.4 is 16.2 Å². The minimum atomic E-state index is -0.876. The molecule has 5 nitrogen and oxygen atoms in total. The molecule has 16 heavy (non-hydrogen) atoms. The van der Waals surface area contributed by atoms with Gasteiger partial charge in [-0.15, -0.1) is 0 Å². The summed E-state index contributed by atoms with van der Waals surface area (Å²) in [6.07, 6.45) is -0.876. The van der Waals surface area contributed by atoms with Crippen molar-refractivity contribution in [2.24, 2.45) is 11.5 Å². The Bertz CT molecular complexity index is 434. The van der Waals surface area contributed by atoms with Crippen LogP contribution in [0.1, 0.15) is 17.3 Å². The molecule has 1 aromatic carbocycles. The minimum Gasteiger partial charge on any atom is -0.481 e. The summed E-state index contributed by atoms with van der Waals surface area (Å²) in [7, 11) is 0. The van der Waals surface area contributed by atoms with Crippen molar-refractivity contribution in [2.45, 2.75) is 13.0 Å². The first-order valence-electron chi connectivity index (χ1n) is 4.47. The molecule has 0 heterocycles. The van der Waals surface area contributed by atoms with Crippen molar-refractivity contribution in [1.29, 1.82) is 0 Å². The molecule has 6 heteroatoms. The number of ether oxygens (including phenoxy) is 1. The third-order valence-electron chi connectivity index (χ3n) is 1.92. The highest BCUT2D eigenvalue weighted by Gasteiger charge is 2.13. The Kier molecular flexibility index (Phi) is 3.44. The Morgan fingerprint density at radius 2 is 2.00 bits per heavy atom. The van der Waals surface area contributed by atoms with Gasteiger partial charge in [0.25, 0.3) is 11.8 Å². The molecule has 2 amide bonds. The van der Waals surface area contributed by atoms with E-state index in [0.29, 0.717) is 0 Å². The van der Waals surface area contributed by atoms with Crippen molar-refractivity contribution < 1.29 is 18.7 Å². The maximum atomic E-state index is 13.3. The fourth-order valence-electron chi connectivity index (χ4n) is 1.03. The van der Waals surface area contributed by atoms with Crippen LogP contribution in [-0.4, -0.2) is 17.9 Å². The van der Waals surface area contributed by atoms with Gasteiger partial charge >= 0.3 is 0 Å². The summed E-state index contributed by atoms with van der Waals surface area (Å²) < 4.78 is 18.3. The number of amides is 2. The lowest BCUT2D eigenvalue weighted by molar-refractivity contribution is -0.123. The molecule has 0 fully saturated rings. The normalized spacial score (nSPS) is 11.9. The molecular formula is C10H11FN2O3. The topological polar surface area (TPSA) is 95.4 Å². The van der Waals surface area contributed by atoms with E-state index in [1.54, 1.807) is 0 Å². The zero-order valence-corrected chi connectivity index (χ0v) is 8.57. The second-order valence-corrected chi connectivity index (χ2v) is 3.17. The summed E-state index contributed by atoms with van der Waals surface area (Å²) in [4.78, 5) is 21.4. The SMILES string of the molecule is CC(Oc1ccc(C(N)=O)c(F)c1)C(N)=O. The summed E-state index contributed by atoms with van der Waals surface area (Å²) in [6, 6.07) is 3.49. The van der Waals surface area contributed by atoms with Gasteiger partial charge in [0, 0.05) is 6.07 Å². The molecule has 0 saturated carbocycles. The van der Waals surface area contributed by atoms with E-state index in [0.717, 1.165) is 6.07 Å². The first-order valence-corrected chi connectivity index (χ1v) is 4.47. The van der Waals surface area contributed by atoms with Gasteiger partial charge < -0.3 is 16.2 Å². The van der Waals surface area contributed by atoms with E-state index >= 15 is 0 Å². The minimum absolute atomic E-state index is 0.105. The van der Waals surface area contributed by atoms with Crippen LogP contribution in [0.4, 0.5) is 4.39 Å². The Hall–Kier alpha value is -2.11. The maximum absolute atomic E-state index is 13.3.